The van der Waals surface area contributed by atoms with Gasteiger partial charge in [-0.2, -0.15) is 0 Å². The van der Waals surface area contributed by atoms with Crippen molar-refractivity contribution in [2.75, 3.05) is 38.7 Å². The lowest BCUT2D eigenvalue weighted by Crippen LogP contribution is -2.54. The highest BCUT2D eigenvalue weighted by Crippen LogP contribution is 2.49. The van der Waals surface area contributed by atoms with Gasteiger partial charge in [0, 0.05) is 48.4 Å². The number of carbonyl (C=O) groups excluding carboxylic acids is 2. The van der Waals surface area contributed by atoms with Gasteiger partial charge in [0.25, 0.3) is 5.91 Å². The molecule has 2 amide bonds. The molecule has 6 rings (SSSR count). The van der Waals surface area contributed by atoms with Crippen molar-refractivity contribution < 1.29 is 23.6 Å². The van der Waals surface area contributed by atoms with Gasteiger partial charge in [0.1, 0.15) is 5.75 Å². The molecule has 1 fully saturated rings. The average molecular weight is 684 g/mol. The third kappa shape index (κ3) is 6.64. The first-order valence-electron chi connectivity index (χ1n) is 17.1. The van der Waals surface area contributed by atoms with Crippen LogP contribution in [-0.4, -0.2) is 76.5 Å². The molecule has 2 aliphatic heterocycles. The SMILES string of the molecule is C=S1(=O)NC(=O)c2ccc3c(c2)N(C[C@@H]2CC[C@H]2[C@](O)(CC(=O)N(C)C)CCC[C@H](C)[C@H]1C)C[C@@]1(CCCc2cc(Cl)ccc21)CO3. The standard InChI is InChI=1S/C37H50ClN3O5S/c1-24-8-6-17-37(44,20-34(42)40(3)4)31-13-10-28(31)21-41-22-36(16-7-9-26-18-29(38)12-14-30(26)36)23-46-33-15-11-27(19-32(33)41)35(43)39-47(5,45)25(24)2/h11-12,14-15,18-19,24-25,28,31,44H,5-10,13,16-17,20-23H2,1-4H3,(H,39,43,45)/t24-,25+,28-,31+,36-,37+,47?/m0/s1. The molecule has 0 radical (unpaired) electrons. The Morgan fingerprint density at radius 3 is 2.66 bits per heavy atom. The lowest BCUT2D eigenvalue weighted by molar-refractivity contribution is -0.143. The smallest absolute Gasteiger partial charge is 0.262 e. The number of halogens is 1. The molecular weight excluding hydrogens is 634 g/mol. The molecule has 0 aromatic heterocycles. The first kappa shape index (κ1) is 34.1. The van der Waals surface area contributed by atoms with Gasteiger partial charge in [0.2, 0.25) is 5.91 Å². The molecule has 7 atom stereocenters. The van der Waals surface area contributed by atoms with E-state index in [1.165, 1.54) is 11.1 Å². The lowest BCUT2D eigenvalue weighted by Gasteiger charge is -2.50. The average Bonchev–Trinajstić information content (AvgIpc) is 3.14. The van der Waals surface area contributed by atoms with Crippen LogP contribution in [0.25, 0.3) is 0 Å². The molecule has 10 heteroatoms. The fourth-order valence-electron chi connectivity index (χ4n) is 8.51. The number of benzene rings is 2. The largest absolute Gasteiger partial charge is 0.490 e. The van der Waals surface area contributed by atoms with E-state index in [-0.39, 0.29) is 40.7 Å². The van der Waals surface area contributed by atoms with Gasteiger partial charge in [0.15, 0.2) is 0 Å². The van der Waals surface area contributed by atoms with E-state index in [0.29, 0.717) is 50.3 Å². The second-order valence-corrected chi connectivity index (χ2v) is 17.9. The van der Waals surface area contributed by atoms with Crippen molar-refractivity contribution >= 4 is 44.7 Å². The number of hydrogen-bond acceptors (Lipinski definition) is 6. The number of hydrogen-bond donors (Lipinski definition) is 2. The van der Waals surface area contributed by atoms with Crippen molar-refractivity contribution in [3.8, 4) is 5.75 Å². The van der Waals surface area contributed by atoms with Gasteiger partial charge in [-0.1, -0.05) is 31.0 Å². The maximum absolute atomic E-state index is 13.8. The normalized spacial score (nSPS) is 34.2. The predicted octanol–water partition coefficient (Wildman–Crippen LogP) is 5.62. The topological polar surface area (TPSA) is 99.2 Å². The van der Waals surface area contributed by atoms with Crippen LogP contribution in [-0.2, 0) is 26.3 Å². The molecule has 4 aliphatic rings. The Kier molecular flexibility index (Phi) is 9.39. The molecule has 8 nitrogen and oxygen atoms in total. The van der Waals surface area contributed by atoms with Crippen molar-refractivity contribution in [1.82, 2.24) is 9.62 Å². The molecular formula is C37H50ClN3O5S. The Labute approximate surface area is 285 Å². The second-order valence-electron chi connectivity index (χ2n) is 15.0. The van der Waals surface area contributed by atoms with E-state index in [1.807, 2.05) is 32.0 Å². The van der Waals surface area contributed by atoms with E-state index < -0.39 is 21.2 Å². The number of aryl methyl sites for hydroxylation is 1. The van der Waals surface area contributed by atoms with Crippen molar-refractivity contribution in [2.24, 2.45) is 17.8 Å². The van der Waals surface area contributed by atoms with Gasteiger partial charge >= 0.3 is 0 Å². The van der Waals surface area contributed by atoms with Crippen LogP contribution in [0.5, 0.6) is 5.75 Å². The van der Waals surface area contributed by atoms with Gasteiger partial charge < -0.3 is 19.6 Å². The predicted molar refractivity (Wildman–Crippen MR) is 190 cm³/mol. The molecule has 2 heterocycles. The fourth-order valence-corrected chi connectivity index (χ4v) is 10.2. The van der Waals surface area contributed by atoms with Crippen LogP contribution < -0.4 is 14.4 Å². The first-order chi connectivity index (χ1) is 22.2. The Hall–Kier alpha value is -2.75. The van der Waals surface area contributed by atoms with Crippen LogP contribution in [0.3, 0.4) is 0 Å². The van der Waals surface area contributed by atoms with Crippen LogP contribution in [0, 0.1) is 17.8 Å². The first-order valence-corrected chi connectivity index (χ1v) is 19.3. The number of aliphatic hydroxyl groups is 1. The number of anilines is 1. The van der Waals surface area contributed by atoms with E-state index in [9.17, 15) is 18.9 Å². The number of rotatable bonds is 2. The van der Waals surface area contributed by atoms with E-state index >= 15 is 0 Å². The van der Waals surface area contributed by atoms with Gasteiger partial charge in [0.05, 0.1) is 34.0 Å². The van der Waals surface area contributed by atoms with Crippen LogP contribution in [0.15, 0.2) is 36.4 Å². The van der Waals surface area contributed by atoms with Crippen molar-refractivity contribution in [3.63, 3.8) is 0 Å². The summed E-state index contributed by atoms with van der Waals surface area (Å²) in [5.74, 6) is 4.30. The molecule has 2 bridgehead atoms. The zero-order valence-electron chi connectivity index (χ0n) is 28.2. The second kappa shape index (κ2) is 12.9. The summed E-state index contributed by atoms with van der Waals surface area (Å²) in [6.07, 6.45) is 6.68. The van der Waals surface area contributed by atoms with Crippen molar-refractivity contribution in [1.29, 1.82) is 0 Å². The zero-order chi connectivity index (χ0) is 33.7. The third-order valence-electron chi connectivity index (χ3n) is 11.8. The molecule has 1 saturated carbocycles. The van der Waals surface area contributed by atoms with E-state index in [1.54, 1.807) is 25.1 Å². The highest BCUT2D eigenvalue weighted by molar-refractivity contribution is 7.99. The molecule has 47 heavy (non-hydrogen) atoms. The van der Waals surface area contributed by atoms with E-state index in [4.69, 9.17) is 16.3 Å². The summed E-state index contributed by atoms with van der Waals surface area (Å²) >= 11 is 6.44. The number of ether oxygens (including phenoxy) is 1. The number of amides is 2. The minimum atomic E-state index is -2.98. The summed E-state index contributed by atoms with van der Waals surface area (Å²) in [6.45, 7) is 5.72. The quantitative estimate of drug-likeness (QED) is 0.399. The summed E-state index contributed by atoms with van der Waals surface area (Å²) in [5, 5.41) is 12.7. The van der Waals surface area contributed by atoms with Crippen molar-refractivity contribution in [2.45, 2.75) is 87.9 Å². The summed E-state index contributed by atoms with van der Waals surface area (Å²) in [5.41, 5.74) is 2.29. The molecule has 0 saturated heterocycles. The minimum Gasteiger partial charge on any atom is -0.490 e. The van der Waals surface area contributed by atoms with Crippen LogP contribution in [0.4, 0.5) is 5.69 Å². The third-order valence-corrected chi connectivity index (χ3v) is 14.2. The summed E-state index contributed by atoms with van der Waals surface area (Å²) in [4.78, 5) is 30.7. The summed E-state index contributed by atoms with van der Waals surface area (Å²) < 4.78 is 23.2. The molecule has 2 N–H and O–H groups in total. The van der Waals surface area contributed by atoms with Crippen LogP contribution in [0.1, 0.15) is 86.7 Å². The van der Waals surface area contributed by atoms with Crippen LogP contribution >= 0.6 is 11.6 Å². The van der Waals surface area contributed by atoms with Gasteiger partial charge in [-0.05, 0) is 117 Å². The van der Waals surface area contributed by atoms with Gasteiger partial charge in [-0.15, -0.1) is 0 Å². The number of nitrogens with zero attached hydrogens (tertiary/aromatic N) is 2. The molecule has 2 aromatic rings. The highest BCUT2D eigenvalue weighted by Gasteiger charge is 2.49. The van der Waals surface area contributed by atoms with E-state index in [0.717, 1.165) is 42.8 Å². The maximum Gasteiger partial charge on any atom is 0.262 e. The Morgan fingerprint density at radius 2 is 1.94 bits per heavy atom. The van der Waals surface area contributed by atoms with Gasteiger partial charge in [-0.3, -0.25) is 14.3 Å². The minimum absolute atomic E-state index is 0.0143. The van der Waals surface area contributed by atoms with Crippen molar-refractivity contribution in [3.05, 3.63) is 58.1 Å². The Morgan fingerprint density at radius 1 is 1.15 bits per heavy atom. The molecule has 1 spiro atoms. The summed E-state index contributed by atoms with van der Waals surface area (Å²) in [7, 11) is 0.495. The molecule has 256 valence electrons. The molecule has 2 aliphatic carbocycles. The number of nitrogens with one attached hydrogen (secondary N) is 1. The number of fused-ring (bicyclic) bond motifs is 4. The zero-order valence-corrected chi connectivity index (χ0v) is 29.8. The Balaban J connectivity index is 1.44. The maximum atomic E-state index is 13.8. The highest BCUT2D eigenvalue weighted by atomic mass is 35.5. The van der Waals surface area contributed by atoms with Gasteiger partial charge in [-0.25, -0.2) is 4.21 Å². The van der Waals surface area contributed by atoms with E-state index in [2.05, 4.69) is 27.6 Å². The summed E-state index contributed by atoms with van der Waals surface area (Å²) in [6, 6.07) is 11.6. The monoisotopic (exact) mass is 683 g/mol. The molecule has 2 aromatic carbocycles. The lowest BCUT2D eigenvalue weighted by atomic mass is 9.61. The fraction of sp³-hybridized carbons (Fsp3) is 0.595. The Bertz CT molecular complexity index is 1650. The number of carbonyl (C=O) groups is 2. The molecule has 1 unspecified atom stereocenters. The van der Waals surface area contributed by atoms with Crippen LogP contribution in [0.2, 0.25) is 5.02 Å².